The summed E-state index contributed by atoms with van der Waals surface area (Å²) in [6, 6.07) is 12.4. The highest BCUT2D eigenvalue weighted by Gasteiger charge is 2.11. The first kappa shape index (κ1) is 21.1. The first-order valence-electron chi connectivity index (χ1n) is 8.61. The zero-order valence-electron chi connectivity index (χ0n) is 15.9. The molecule has 0 spiro atoms. The summed E-state index contributed by atoms with van der Waals surface area (Å²) in [5.41, 5.74) is 2.80. The number of rotatable bonds is 6. The Balaban J connectivity index is 2.09. The fraction of sp³-hybridized carbons (Fsp3) is 0.190. The normalized spacial score (nSPS) is 10.7. The fourth-order valence-corrected chi connectivity index (χ4v) is 2.65. The molecule has 0 aromatic heterocycles. The Bertz CT molecular complexity index is 905. The summed E-state index contributed by atoms with van der Waals surface area (Å²) in [6.45, 7) is 4.17. The van der Waals surface area contributed by atoms with Gasteiger partial charge in [0, 0.05) is 11.6 Å². The van der Waals surface area contributed by atoms with Gasteiger partial charge in [-0.3, -0.25) is 10.1 Å². The molecule has 0 aliphatic carbocycles. The van der Waals surface area contributed by atoms with Crippen molar-refractivity contribution >= 4 is 41.0 Å². The maximum Gasteiger partial charge on any atom is 0.328 e. The van der Waals surface area contributed by atoms with Crippen molar-refractivity contribution in [2.45, 2.75) is 19.8 Å². The van der Waals surface area contributed by atoms with Crippen molar-refractivity contribution in [2.24, 2.45) is 0 Å². The van der Waals surface area contributed by atoms with E-state index in [0.29, 0.717) is 28.5 Å². The maximum absolute atomic E-state index is 12.4. The van der Waals surface area contributed by atoms with Crippen LogP contribution < -0.4 is 15.4 Å². The zero-order valence-corrected chi connectivity index (χ0v) is 16.7. The lowest BCUT2D eigenvalue weighted by Gasteiger charge is -2.14. The summed E-state index contributed by atoms with van der Waals surface area (Å²) in [4.78, 5) is 23.1. The molecule has 2 aromatic rings. The Morgan fingerprint density at radius 3 is 2.39 bits per heavy atom. The minimum Gasteiger partial charge on any atom is -0.495 e. The van der Waals surface area contributed by atoms with Crippen molar-refractivity contribution in [1.29, 1.82) is 0 Å². The molecule has 7 heteroatoms. The molecule has 0 saturated heterocycles. The number of ether oxygens (including phenoxy) is 1. The molecule has 0 saturated carbocycles. The number of anilines is 1. The number of carbonyl (C=O) groups excluding carboxylic acids is 1. The number of nitrogens with one attached hydrogen (secondary N) is 2. The molecule has 6 nitrogen and oxygen atoms in total. The first-order chi connectivity index (χ1) is 13.3. The van der Waals surface area contributed by atoms with Crippen molar-refractivity contribution in [2.75, 3.05) is 12.4 Å². The lowest BCUT2D eigenvalue weighted by atomic mass is 10.0. The minimum atomic E-state index is -1.04. The average Bonchev–Trinajstić information content (AvgIpc) is 2.66. The standard InChI is InChI=1S/C21H22N2O4S/c1-13(2)15-6-8-16(9-7-15)20(26)23-21(28)22-17-12-14(5-11-19(24)25)4-10-18(17)27-3/h4-13H,1-3H3,(H,24,25)(H2,22,23,26,28)/b11-5+. The Morgan fingerprint density at radius 1 is 1.14 bits per heavy atom. The fourth-order valence-electron chi connectivity index (χ4n) is 2.44. The number of hydrogen-bond acceptors (Lipinski definition) is 4. The lowest BCUT2D eigenvalue weighted by Crippen LogP contribution is -2.34. The van der Waals surface area contributed by atoms with Crippen LogP contribution in [-0.2, 0) is 4.79 Å². The van der Waals surface area contributed by atoms with E-state index in [-0.39, 0.29) is 11.0 Å². The average molecular weight is 398 g/mol. The van der Waals surface area contributed by atoms with Gasteiger partial charge in [0.05, 0.1) is 12.8 Å². The van der Waals surface area contributed by atoms with Crippen LogP contribution in [0.3, 0.4) is 0 Å². The summed E-state index contributed by atoms with van der Waals surface area (Å²) in [6.07, 6.45) is 2.48. The molecule has 2 aromatic carbocycles. The summed E-state index contributed by atoms with van der Waals surface area (Å²) in [7, 11) is 1.51. The Morgan fingerprint density at radius 2 is 1.82 bits per heavy atom. The van der Waals surface area contributed by atoms with E-state index in [4.69, 9.17) is 22.1 Å². The van der Waals surface area contributed by atoms with E-state index >= 15 is 0 Å². The lowest BCUT2D eigenvalue weighted by molar-refractivity contribution is -0.131. The van der Waals surface area contributed by atoms with Crippen LogP contribution in [0.1, 0.15) is 41.3 Å². The summed E-state index contributed by atoms with van der Waals surface area (Å²) < 4.78 is 5.28. The highest BCUT2D eigenvalue weighted by molar-refractivity contribution is 7.80. The third-order valence-corrected chi connectivity index (χ3v) is 4.16. The molecule has 0 aliphatic rings. The number of methoxy groups -OCH3 is 1. The molecular formula is C21H22N2O4S. The van der Waals surface area contributed by atoms with Gasteiger partial charge in [-0.2, -0.15) is 0 Å². The third kappa shape index (κ3) is 5.92. The van der Waals surface area contributed by atoms with E-state index in [1.54, 1.807) is 30.3 Å². The SMILES string of the molecule is COc1ccc(/C=C/C(=O)O)cc1NC(=S)NC(=O)c1ccc(C(C)C)cc1. The van der Waals surface area contributed by atoms with Gasteiger partial charge >= 0.3 is 5.97 Å². The van der Waals surface area contributed by atoms with Gasteiger partial charge in [0.15, 0.2) is 5.11 Å². The van der Waals surface area contributed by atoms with Gasteiger partial charge in [0.25, 0.3) is 5.91 Å². The van der Waals surface area contributed by atoms with Gasteiger partial charge in [-0.1, -0.05) is 32.0 Å². The zero-order chi connectivity index (χ0) is 20.7. The second-order valence-electron chi connectivity index (χ2n) is 6.32. The molecular weight excluding hydrogens is 376 g/mol. The van der Waals surface area contributed by atoms with Gasteiger partial charge in [0.2, 0.25) is 0 Å². The Kier molecular flexibility index (Phi) is 7.28. The van der Waals surface area contributed by atoms with Crippen molar-refractivity contribution in [1.82, 2.24) is 5.32 Å². The molecule has 0 unspecified atom stereocenters. The quantitative estimate of drug-likeness (QED) is 0.503. The van der Waals surface area contributed by atoms with Crippen molar-refractivity contribution in [3.63, 3.8) is 0 Å². The number of benzene rings is 2. The topological polar surface area (TPSA) is 87.7 Å². The van der Waals surface area contributed by atoms with Gasteiger partial charge in [-0.25, -0.2) is 4.79 Å². The van der Waals surface area contributed by atoms with E-state index in [0.717, 1.165) is 11.6 Å². The number of carbonyl (C=O) groups is 2. The second-order valence-corrected chi connectivity index (χ2v) is 6.72. The summed E-state index contributed by atoms with van der Waals surface area (Å²) in [5, 5.41) is 14.4. The first-order valence-corrected chi connectivity index (χ1v) is 9.02. The highest BCUT2D eigenvalue weighted by Crippen LogP contribution is 2.26. The Hall–Kier alpha value is -3.19. The van der Waals surface area contributed by atoms with Crippen LogP contribution in [0.15, 0.2) is 48.5 Å². The number of hydrogen-bond donors (Lipinski definition) is 3. The molecule has 3 N–H and O–H groups in total. The second kappa shape index (κ2) is 9.66. The molecule has 28 heavy (non-hydrogen) atoms. The van der Waals surface area contributed by atoms with Crippen LogP contribution in [-0.4, -0.2) is 29.2 Å². The van der Waals surface area contributed by atoms with E-state index in [2.05, 4.69) is 24.5 Å². The van der Waals surface area contributed by atoms with Crippen molar-refractivity contribution < 1.29 is 19.4 Å². The van der Waals surface area contributed by atoms with Gasteiger partial charge in [-0.15, -0.1) is 0 Å². The van der Waals surface area contributed by atoms with Crippen molar-refractivity contribution in [3.05, 3.63) is 65.2 Å². The molecule has 2 rings (SSSR count). The number of amides is 1. The van der Waals surface area contributed by atoms with E-state index in [1.807, 2.05) is 12.1 Å². The molecule has 0 atom stereocenters. The maximum atomic E-state index is 12.4. The largest absolute Gasteiger partial charge is 0.495 e. The molecule has 146 valence electrons. The van der Waals surface area contributed by atoms with Gasteiger partial charge < -0.3 is 15.2 Å². The van der Waals surface area contributed by atoms with Crippen LogP contribution in [0.5, 0.6) is 5.75 Å². The molecule has 0 aliphatic heterocycles. The van der Waals surface area contributed by atoms with Gasteiger partial charge in [-0.05, 0) is 59.6 Å². The van der Waals surface area contributed by atoms with Crippen LogP contribution in [0, 0.1) is 0 Å². The van der Waals surface area contributed by atoms with E-state index in [9.17, 15) is 9.59 Å². The predicted octanol–water partition coefficient (Wildman–Crippen LogP) is 4.04. The predicted molar refractivity (Wildman–Crippen MR) is 114 cm³/mol. The highest BCUT2D eigenvalue weighted by atomic mass is 32.1. The molecule has 0 radical (unpaired) electrons. The van der Waals surface area contributed by atoms with Crippen LogP contribution in [0.25, 0.3) is 6.08 Å². The van der Waals surface area contributed by atoms with E-state index < -0.39 is 5.97 Å². The Labute approximate surface area is 169 Å². The molecule has 0 bridgehead atoms. The van der Waals surface area contributed by atoms with E-state index in [1.165, 1.54) is 13.2 Å². The third-order valence-electron chi connectivity index (χ3n) is 3.96. The van der Waals surface area contributed by atoms with Crippen LogP contribution >= 0.6 is 12.2 Å². The number of aliphatic carboxylic acids is 1. The minimum absolute atomic E-state index is 0.107. The summed E-state index contributed by atoms with van der Waals surface area (Å²) in [5.74, 6) is -0.481. The summed E-state index contributed by atoms with van der Waals surface area (Å²) >= 11 is 5.23. The van der Waals surface area contributed by atoms with Crippen LogP contribution in [0.4, 0.5) is 5.69 Å². The monoisotopic (exact) mass is 398 g/mol. The van der Waals surface area contributed by atoms with Gasteiger partial charge in [0.1, 0.15) is 5.75 Å². The molecule has 0 fully saturated rings. The number of thiocarbonyl (C=S) groups is 1. The number of carboxylic acids is 1. The smallest absolute Gasteiger partial charge is 0.328 e. The molecule has 1 amide bonds. The van der Waals surface area contributed by atoms with Crippen molar-refractivity contribution in [3.8, 4) is 5.75 Å². The number of carboxylic acid groups (broad SMARTS) is 1. The van der Waals surface area contributed by atoms with Crippen LogP contribution in [0.2, 0.25) is 0 Å². The molecule has 0 heterocycles.